The summed E-state index contributed by atoms with van der Waals surface area (Å²) in [6, 6.07) is 15.0. The van der Waals surface area contributed by atoms with Gasteiger partial charge < -0.3 is 15.4 Å². The van der Waals surface area contributed by atoms with Crippen molar-refractivity contribution in [2.75, 3.05) is 18.5 Å². The van der Waals surface area contributed by atoms with E-state index in [1.807, 2.05) is 24.6 Å². The van der Waals surface area contributed by atoms with Gasteiger partial charge in [0, 0.05) is 17.6 Å². The minimum Gasteiger partial charge on any atom is -0.484 e. The molecule has 0 atom stereocenters. The predicted molar refractivity (Wildman–Crippen MR) is 126 cm³/mol. The Labute approximate surface area is 194 Å². The van der Waals surface area contributed by atoms with Gasteiger partial charge in [-0.25, -0.2) is 4.39 Å². The molecule has 2 heterocycles. The monoisotopic (exact) mass is 466 g/mol. The molecule has 0 fully saturated rings. The molecule has 0 radical (unpaired) electrons. The van der Waals surface area contributed by atoms with Crippen LogP contribution in [-0.4, -0.2) is 34.7 Å². The molecule has 0 spiro atoms. The second-order valence-corrected chi connectivity index (χ2v) is 8.45. The number of nitrogens with zero attached hydrogens (tertiary/aromatic N) is 2. The largest absolute Gasteiger partial charge is 0.484 e. The summed E-state index contributed by atoms with van der Waals surface area (Å²) >= 11 is 1.36. The van der Waals surface area contributed by atoms with Crippen molar-refractivity contribution in [3.63, 3.8) is 0 Å². The molecule has 0 aliphatic rings. The summed E-state index contributed by atoms with van der Waals surface area (Å²) < 4.78 is 20.4. The highest BCUT2D eigenvalue weighted by Crippen LogP contribution is 2.29. The van der Waals surface area contributed by atoms with Crippen LogP contribution in [0.3, 0.4) is 0 Å². The normalized spacial score (nSPS) is 10.9. The van der Waals surface area contributed by atoms with Crippen LogP contribution < -0.4 is 15.4 Å². The first kappa shape index (κ1) is 22.5. The van der Waals surface area contributed by atoms with Gasteiger partial charge >= 0.3 is 0 Å². The number of likely N-dealkylation sites (N-methyl/N-ethyl adjacent to an activating group) is 1. The van der Waals surface area contributed by atoms with E-state index in [0.717, 1.165) is 21.5 Å². The van der Waals surface area contributed by atoms with Crippen LogP contribution in [0.1, 0.15) is 27.9 Å². The number of halogens is 1. The molecule has 0 saturated heterocycles. The van der Waals surface area contributed by atoms with Crippen LogP contribution in [0.2, 0.25) is 0 Å². The fourth-order valence-electron chi connectivity index (χ4n) is 3.32. The van der Waals surface area contributed by atoms with Gasteiger partial charge in [-0.2, -0.15) is 5.10 Å². The van der Waals surface area contributed by atoms with Crippen molar-refractivity contribution in [1.82, 2.24) is 15.1 Å². The van der Waals surface area contributed by atoms with Gasteiger partial charge in [0.15, 0.2) is 6.61 Å². The Morgan fingerprint density at radius 1 is 1.12 bits per heavy atom. The first-order chi connectivity index (χ1) is 15.9. The molecule has 2 amide bonds. The van der Waals surface area contributed by atoms with E-state index in [1.165, 1.54) is 23.5 Å². The van der Waals surface area contributed by atoms with Crippen molar-refractivity contribution >= 4 is 39.1 Å². The zero-order valence-corrected chi connectivity index (χ0v) is 19.0. The van der Waals surface area contributed by atoms with Gasteiger partial charge in [0.25, 0.3) is 11.8 Å². The average Bonchev–Trinajstić information content (AvgIpc) is 3.36. The SMILES string of the molecule is CCNC(=O)COc1ccc(NC(=O)c2cc3c(C)nn(Cc4ccc(F)cc4)c3s2)cc1. The van der Waals surface area contributed by atoms with E-state index >= 15 is 0 Å². The number of hydrogen-bond donors (Lipinski definition) is 2. The van der Waals surface area contributed by atoms with Gasteiger partial charge in [-0.1, -0.05) is 12.1 Å². The molecule has 7 nitrogen and oxygen atoms in total. The number of carbonyl (C=O) groups is 2. The summed E-state index contributed by atoms with van der Waals surface area (Å²) in [5.41, 5.74) is 2.37. The maximum Gasteiger partial charge on any atom is 0.265 e. The summed E-state index contributed by atoms with van der Waals surface area (Å²) in [4.78, 5) is 25.8. The molecular formula is C24H23FN4O3S. The molecule has 4 aromatic rings. The van der Waals surface area contributed by atoms with Crippen molar-refractivity contribution in [2.45, 2.75) is 20.4 Å². The number of anilines is 1. The fourth-order valence-corrected chi connectivity index (χ4v) is 4.37. The van der Waals surface area contributed by atoms with Crippen LogP contribution in [0.25, 0.3) is 10.2 Å². The molecular weight excluding hydrogens is 443 g/mol. The Balaban J connectivity index is 1.44. The summed E-state index contributed by atoms with van der Waals surface area (Å²) in [7, 11) is 0. The molecule has 0 saturated carbocycles. The Morgan fingerprint density at radius 3 is 2.55 bits per heavy atom. The number of amides is 2. The molecule has 0 bridgehead atoms. The zero-order valence-electron chi connectivity index (χ0n) is 18.2. The van der Waals surface area contributed by atoms with E-state index in [4.69, 9.17) is 4.74 Å². The maximum atomic E-state index is 13.2. The predicted octanol–water partition coefficient (Wildman–Crippen LogP) is 4.36. The molecule has 2 aromatic heterocycles. The highest BCUT2D eigenvalue weighted by atomic mass is 32.1. The molecule has 4 rings (SSSR count). The van der Waals surface area contributed by atoms with Crippen LogP contribution in [-0.2, 0) is 11.3 Å². The van der Waals surface area contributed by atoms with Gasteiger partial charge in [-0.05, 0) is 61.9 Å². The number of hydrogen-bond acceptors (Lipinski definition) is 5. The van der Waals surface area contributed by atoms with Crippen LogP contribution in [0.15, 0.2) is 54.6 Å². The first-order valence-corrected chi connectivity index (χ1v) is 11.3. The smallest absolute Gasteiger partial charge is 0.265 e. The van der Waals surface area contributed by atoms with Crippen LogP contribution >= 0.6 is 11.3 Å². The molecule has 170 valence electrons. The van der Waals surface area contributed by atoms with Gasteiger partial charge in [-0.15, -0.1) is 11.3 Å². The number of benzene rings is 2. The van der Waals surface area contributed by atoms with Crippen LogP contribution in [0.4, 0.5) is 10.1 Å². The topological polar surface area (TPSA) is 85.2 Å². The lowest BCUT2D eigenvalue weighted by Crippen LogP contribution is -2.28. The molecule has 2 aromatic carbocycles. The highest BCUT2D eigenvalue weighted by molar-refractivity contribution is 7.20. The lowest BCUT2D eigenvalue weighted by atomic mass is 10.2. The molecule has 0 unspecified atom stereocenters. The third-order valence-corrected chi connectivity index (χ3v) is 6.08. The van der Waals surface area contributed by atoms with E-state index in [0.29, 0.717) is 29.4 Å². The molecule has 0 aliphatic carbocycles. The van der Waals surface area contributed by atoms with Crippen LogP contribution in [0, 0.1) is 12.7 Å². The lowest BCUT2D eigenvalue weighted by Gasteiger charge is -2.08. The number of carbonyl (C=O) groups excluding carboxylic acids is 2. The second kappa shape index (κ2) is 9.83. The average molecular weight is 467 g/mol. The fraction of sp³-hybridized carbons (Fsp3) is 0.208. The maximum absolute atomic E-state index is 13.2. The number of fused-ring (bicyclic) bond motifs is 1. The minimum atomic E-state index is -0.280. The minimum absolute atomic E-state index is 0.0599. The highest BCUT2D eigenvalue weighted by Gasteiger charge is 2.17. The zero-order chi connectivity index (χ0) is 23.4. The number of aryl methyl sites for hydroxylation is 1. The van der Waals surface area contributed by atoms with E-state index < -0.39 is 0 Å². The van der Waals surface area contributed by atoms with Crippen molar-refractivity contribution in [2.24, 2.45) is 0 Å². The van der Waals surface area contributed by atoms with Gasteiger partial charge in [0.1, 0.15) is 16.4 Å². The van der Waals surface area contributed by atoms with Crippen molar-refractivity contribution in [1.29, 1.82) is 0 Å². The van der Waals surface area contributed by atoms with Gasteiger partial charge in [0.2, 0.25) is 0 Å². The number of nitrogens with one attached hydrogen (secondary N) is 2. The second-order valence-electron chi connectivity index (χ2n) is 7.42. The van der Waals surface area contributed by atoms with E-state index in [-0.39, 0.29) is 24.2 Å². The molecule has 2 N–H and O–H groups in total. The third kappa shape index (κ3) is 5.38. The summed E-state index contributed by atoms with van der Waals surface area (Å²) in [5, 5.41) is 11.0. The standard InChI is InChI=1S/C24H23FN4O3S/c1-3-26-22(30)14-32-19-10-8-18(9-11-19)27-23(31)21-12-20-15(2)28-29(24(20)33-21)13-16-4-6-17(25)7-5-16/h4-12H,3,13-14H2,1-2H3,(H,26,30)(H,27,31). The molecule has 0 aliphatic heterocycles. The number of rotatable bonds is 8. The summed E-state index contributed by atoms with van der Waals surface area (Å²) in [6.07, 6.45) is 0. The first-order valence-electron chi connectivity index (χ1n) is 10.4. The number of thiophene rings is 1. The number of ether oxygens (including phenoxy) is 1. The third-order valence-electron chi connectivity index (χ3n) is 4.93. The Kier molecular flexibility index (Phi) is 6.69. The van der Waals surface area contributed by atoms with Crippen molar-refractivity contribution in [3.8, 4) is 5.75 Å². The summed E-state index contributed by atoms with van der Waals surface area (Å²) in [6.45, 7) is 4.72. The van der Waals surface area contributed by atoms with Crippen LogP contribution in [0.5, 0.6) is 5.75 Å². The van der Waals surface area contributed by atoms with Gasteiger partial charge in [0.05, 0.1) is 17.1 Å². The Hall–Kier alpha value is -3.72. The molecule has 33 heavy (non-hydrogen) atoms. The van der Waals surface area contributed by atoms with Crippen molar-refractivity contribution < 1.29 is 18.7 Å². The Bertz CT molecular complexity index is 1280. The van der Waals surface area contributed by atoms with E-state index in [9.17, 15) is 14.0 Å². The quantitative estimate of drug-likeness (QED) is 0.404. The summed E-state index contributed by atoms with van der Waals surface area (Å²) in [5.74, 6) is -0.150. The van der Waals surface area contributed by atoms with Crippen molar-refractivity contribution in [3.05, 3.63) is 76.5 Å². The van der Waals surface area contributed by atoms with E-state index in [2.05, 4.69) is 15.7 Å². The Morgan fingerprint density at radius 2 is 1.85 bits per heavy atom. The molecule has 9 heteroatoms. The van der Waals surface area contributed by atoms with E-state index in [1.54, 1.807) is 36.4 Å². The lowest BCUT2D eigenvalue weighted by molar-refractivity contribution is -0.122. The number of aromatic nitrogens is 2. The van der Waals surface area contributed by atoms with Gasteiger partial charge in [-0.3, -0.25) is 14.3 Å².